The Hall–Kier alpha value is -3.55. The van der Waals surface area contributed by atoms with Crippen LogP contribution in [0.2, 0.25) is 0 Å². The zero-order chi connectivity index (χ0) is 21.4. The molecule has 1 saturated heterocycles. The SMILES string of the molecule is Cc1cccc(C(=O)NCc2ccc3c(c2F)CN(C2CCC(=O)NC2=O)C3=O)c1. The third-order valence-corrected chi connectivity index (χ3v) is 5.45. The molecule has 154 valence electrons. The quantitative estimate of drug-likeness (QED) is 0.753. The maximum atomic E-state index is 15.1. The summed E-state index contributed by atoms with van der Waals surface area (Å²) < 4.78 is 15.1. The topological polar surface area (TPSA) is 95.6 Å². The number of nitrogens with zero attached hydrogens (tertiary/aromatic N) is 1. The van der Waals surface area contributed by atoms with Gasteiger partial charge in [0.05, 0.1) is 6.54 Å². The molecule has 4 rings (SSSR count). The lowest BCUT2D eigenvalue weighted by atomic mass is 10.0. The van der Waals surface area contributed by atoms with E-state index in [1.54, 1.807) is 18.2 Å². The maximum Gasteiger partial charge on any atom is 0.255 e. The van der Waals surface area contributed by atoms with Crippen molar-refractivity contribution in [1.82, 2.24) is 15.5 Å². The molecular formula is C22H20FN3O4. The predicted octanol–water partition coefficient (Wildman–Crippen LogP) is 1.83. The van der Waals surface area contributed by atoms with Crippen molar-refractivity contribution in [2.45, 2.75) is 38.9 Å². The Labute approximate surface area is 172 Å². The van der Waals surface area contributed by atoms with Gasteiger partial charge in [-0.1, -0.05) is 23.8 Å². The number of carbonyl (C=O) groups excluding carboxylic acids is 4. The third-order valence-electron chi connectivity index (χ3n) is 5.45. The van der Waals surface area contributed by atoms with Crippen molar-refractivity contribution in [3.05, 3.63) is 70.0 Å². The van der Waals surface area contributed by atoms with Gasteiger partial charge in [0, 0.05) is 35.2 Å². The number of hydrogen-bond acceptors (Lipinski definition) is 4. The van der Waals surface area contributed by atoms with E-state index in [0.717, 1.165) is 5.56 Å². The van der Waals surface area contributed by atoms with Crippen molar-refractivity contribution >= 4 is 23.6 Å². The molecule has 1 unspecified atom stereocenters. The first-order valence-electron chi connectivity index (χ1n) is 9.65. The van der Waals surface area contributed by atoms with E-state index in [1.807, 2.05) is 13.0 Å². The fourth-order valence-electron chi connectivity index (χ4n) is 3.85. The molecule has 0 saturated carbocycles. The molecule has 2 aliphatic rings. The maximum absolute atomic E-state index is 15.1. The molecule has 2 N–H and O–H groups in total. The molecular weight excluding hydrogens is 389 g/mol. The van der Waals surface area contributed by atoms with Crippen molar-refractivity contribution in [2.75, 3.05) is 0 Å². The fraction of sp³-hybridized carbons (Fsp3) is 0.273. The normalized spacial score (nSPS) is 18.3. The van der Waals surface area contributed by atoms with Crippen LogP contribution in [0.15, 0.2) is 36.4 Å². The van der Waals surface area contributed by atoms with E-state index < -0.39 is 23.7 Å². The van der Waals surface area contributed by atoms with Crippen molar-refractivity contribution in [3.63, 3.8) is 0 Å². The minimum atomic E-state index is -0.800. The number of piperidine rings is 1. The molecule has 30 heavy (non-hydrogen) atoms. The average Bonchev–Trinajstić information content (AvgIpc) is 3.04. The van der Waals surface area contributed by atoms with Crippen LogP contribution in [-0.2, 0) is 22.7 Å². The van der Waals surface area contributed by atoms with Gasteiger partial charge in [-0.2, -0.15) is 0 Å². The average molecular weight is 409 g/mol. The van der Waals surface area contributed by atoms with Gasteiger partial charge in [0.15, 0.2) is 0 Å². The van der Waals surface area contributed by atoms with Gasteiger partial charge in [-0.3, -0.25) is 24.5 Å². The van der Waals surface area contributed by atoms with Crippen LogP contribution in [-0.4, -0.2) is 34.6 Å². The van der Waals surface area contributed by atoms with Gasteiger partial charge in [0.25, 0.3) is 11.8 Å². The summed E-state index contributed by atoms with van der Waals surface area (Å²) in [6.45, 7) is 1.80. The van der Waals surface area contributed by atoms with Gasteiger partial charge in [-0.15, -0.1) is 0 Å². The standard InChI is InChI=1S/C22H20FN3O4/c1-12-3-2-4-13(9-12)20(28)24-10-14-5-6-15-16(19(14)23)11-26(22(15)30)17-7-8-18(27)25-21(17)29/h2-6,9,17H,7-8,10-11H2,1H3,(H,24,28)(H,25,27,29). The van der Waals surface area contributed by atoms with Gasteiger partial charge in [0.1, 0.15) is 11.9 Å². The number of halogens is 1. The highest BCUT2D eigenvalue weighted by Gasteiger charge is 2.40. The first-order valence-corrected chi connectivity index (χ1v) is 9.65. The first kappa shape index (κ1) is 19.8. The van der Waals surface area contributed by atoms with Crippen LogP contribution in [0, 0.1) is 12.7 Å². The Morgan fingerprint density at radius 3 is 2.77 bits per heavy atom. The zero-order valence-electron chi connectivity index (χ0n) is 16.3. The molecule has 2 aromatic carbocycles. The Kier molecular flexibility index (Phi) is 5.07. The van der Waals surface area contributed by atoms with Crippen molar-refractivity contribution in [1.29, 1.82) is 0 Å². The van der Waals surface area contributed by atoms with E-state index in [9.17, 15) is 19.2 Å². The summed E-state index contributed by atoms with van der Waals surface area (Å²) in [6.07, 6.45) is 0.348. The third kappa shape index (κ3) is 3.56. The van der Waals surface area contributed by atoms with E-state index >= 15 is 4.39 Å². The lowest BCUT2D eigenvalue weighted by Gasteiger charge is -2.29. The molecule has 7 nitrogen and oxygen atoms in total. The molecule has 2 heterocycles. The van der Waals surface area contributed by atoms with Crippen LogP contribution < -0.4 is 10.6 Å². The second kappa shape index (κ2) is 7.70. The smallest absolute Gasteiger partial charge is 0.255 e. The van der Waals surface area contributed by atoms with Crippen molar-refractivity contribution < 1.29 is 23.6 Å². The summed E-state index contributed by atoms with van der Waals surface area (Å²) in [5.41, 5.74) is 2.08. The van der Waals surface area contributed by atoms with Crippen LogP contribution in [0.3, 0.4) is 0 Å². The van der Waals surface area contributed by atoms with E-state index in [1.165, 1.54) is 17.0 Å². The number of carbonyl (C=O) groups is 4. The molecule has 0 aliphatic carbocycles. The van der Waals surface area contributed by atoms with Crippen LogP contribution in [0.5, 0.6) is 0 Å². The van der Waals surface area contributed by atoms with Crippen LogP contribution in [0.25, 0.3) is 0 Å². The molecule has 0 aromatic heterocycles. The molecule has 0 bridgehead atoms. The Balaban J connectivity index is 1.50. The Morgan fingerprint density at radius 1 is 1.23 bits per heavy atom. The summed E-state index contributed by atoms with van der Waals surface area (Å²) >= 11 is 0. The van der Waals surface area contributed by atoms with Crippen LogP contribution in [0.1, 0.15) is 50.2 Å². The number of fused-ring (bicyclic) bond motifs is 1. The summed E-state index contributed by atoms with van der Waals surface area (Å²) in [6, 6.07) is 9.25. The summed E-state index contributed by atoms with van der Waals surface area (Å²) in [5, 5.41) is 4.91. The number of aryl methyl sites for hydroxylation is 1. The van der Waals surface area contributed by atoms with Gasteiger partial charge in [-0.25, -0.2) is 4.39 Å². The first-order chi connectivity index (χ1) is 14.3. The van der Waals surface area contributed by atoms with Gasteiger partial charge in [0.2, 0.25) is 11.8 Å². The number of amides is 4. The monoisotopic (exact) mass is 409 g/mol. The highest BCUT2D eigenvalue weighted by atomic mass is 19.1. The molecule has 2 aliphatic heterocycles. The van der Waals surface area contributed by atoms with E-state index in [-0.39, 0.29) is 54.4 Å². The number of rotatable bonds is 4. The van der Waals surface area contributed by atoms with Crippen LogP contribution in [0.4, 0.5) is 4.39 Å². The Morgan fingerprint density at radius 2 is 2.03 bits per heavy atom. The number of hydrogen-bond donors (Lipinski definition) is 2. The lowest BCUT2D eigenvalue weighted by molar-refractivity contribution is -0.136. The minimum Gasteiger partial charge on any atom is -0.348 e. The van der Waals surface area contributed by atoms with Gasteiger partial charge in [-0.05, 0) is 31.5 Å². The molecule has 0 radical (unpaired) electrons. The number of benzene rings is 2. The lowest BCUT2D eigenvalue weighted by Crippen LogP contribution is -2.52. The Bertz CT molecular complexity index is 1080. The molecule has 0 spiro atoms. The molecule has 1 atom stereocenters. The molecule has 8 heteroatoms. The van der Waals surface area contributed by atoms with Crippen molar-refractivity contribution in [2.24, 2.45) is 0 Å². The van der Waals surface area contributed by atoms with E-state index in [0.29, 0.717) is 5.56 Å². The van der Waals surface area contributed by atoms with E-state index in [2.05, 4.69) is 10.6 Å². The predicted molar refractivity (Wildman–Crippen MR) is 105 cm³/mol. The van der Waals surface area contributed by atoms with Crippen LogP contribution >= 0.6 is 0 Å². The van der Waals surface area contributed by atoms with E-state index in [4.69, 9.17) is 0 Å². The molecule has 2 aromatic rings. The second-order valence-corrected chi connectivity index (χ2v) is 7.52. The summed E-state index contributed by atoms with van der Waals surface area (Å²) in [4.78, 5) is 49.8. The highest BCUT2D eigenvalue weighted by Crippen LogP contribution is 2.30. The molecule has 1 fully saturated rings. The van der Waals surface area contributed by atoms with Gasteiger partial charge < -0.3 is 10.2 Å². The fourth-order valence-corrected chi connectivity index (χ4v) is 3.85. The van der Waals surface area contributed by atoms with Gasteiger partial charge >= 0.3 is 0 Å². The highest BCUT2D eigenvalue weighted by molar-refractivity contribution is 6.05. The second-order valence-electron chi connectivity index (χ2n) is 7.52. The summed E-state index contributed by atoms with van der Waals surface area (Å²) in [7, 11) is 0. The number of nitrogens with one attached hydrogen (secondary N) is 2. The minimum absolute atomic E-state index is 0.0293. The number of imide groups is 1. The largest absolute Gasteiger partial charge is 0.348 e. The summed E-state index contributed by atoms with van der Waals surface area (Å²) in [5.74, 6) is -2.24. The molecule has 4 amide bonds. The van der Waals surface area contributed by atoms with Crippen molar-refractivity contribution in [3.8, 4) is 0 Å². The zero-order valence-corrected chi connectivity index (χ0v) is 16.3.